The van der Waals surface area contributed by atoms with Crippen LogP contribution < -0.4 is 0 Å². The van der Waals surface area contributed by atoms with Gasteiger partial charge in [-0.05, 0) is 20.8 Å². The molecule has 0 aliphatic rings. The Morgan fingerprint density at radius 3 is 2.18 bits per heavy atom. The minimum Gasteiger partial charge on any atom is -0.267 e. The fourth-order valence-electron chi connectivity index (χ4n) is 1.03. The number of aromatic nitrogens is 2. The first-order valence-corrected chi connectivity index (χ1v) is 6.39. The Kier molecular flexibility index (Phi) is 11.8. The lowest BCUT2D eigenvalue weighted by molar-refractivity contribution is 0.533. The van der Waals surface area contributed by atoms with E-state index < -0.39 is 0 Å². The first kappa shape index (κ1) is 18.0. The predicted octanol–water partition coefficient (Wildman–Crippen LogP) is 4.88. The molecule has 0 atom stereocenters. The highest BCUT2D eigenvalue weighted by Crippen LogP contribution is 2.19. The molecular weight excluding hydrogens is 210 g/mol. The van der Waals surface area contributed by atoms with Crippen LogP contribution in [0, 0.1) is 0 Å². The lowest BCUT2D eigenvalue weighted by atomic mass is 10.3. The zero-order chi connectivity index (χ0) is 13.8. The van der Waals surface area contributed by atoms with E-state index in [0.717, 1.165) is 11.4 Å². The standard InChI is InChI=1S/C10H15N3.2C2H6/c1-5-9-7-13(8(3)4)12-10(9)11-6-2;2*1-2/h5-8H,1H2,2-4H3;2*1-2H3. The molecule has 3 heteroatoms. The van der Waals surface area contributed by atoms with Crippen molar-refractivity contribution in [2.24, 2.45) is 4.99 Å². The minimum absolute atomic E-state index is 0.361. The summed E-state index contributed by atoms with van der Waals surface area (Å²) in [5.74, 6) is 0.742. The molecule has 0 spiro atoms. The zero-order valence-corrected chi connectivity index (χ0v) is 12.4. The van der Waals surface area contributed by atoms with E-state index in [1.165, 1.54) is 0 Å². The van der Waals surface area contributed by atoms with Crippen LogP contribution in [-0.4, -0.2) is 16.0 Å². The third-order valence-corrected chi connectivity index (χ3v) is 1.74. The molecule has 0 fully saturated rings. The molecule has 0 aromatic carbocycles. The van der Waals surface area contributed by atoms with Crippen LogP contribution in [-0.2, 0) is 0 Å². The summed E-state index contributed by atoms with van der Waals surface area (Å²) in [6, 6.07) is 0.361. The second kappa shape index (κ2) is 11.1. The molecule has 1 heterocycles. The quantitative estimate of drug-likeness (QED) is 0.689. The van der Waals surface area contributed by atoms with Crippen LogP contribution in [0.4, 0.5) is 5.82 Å². The maximum atomic E-state index is 4.32. The molecule has 0 aliphatic heterocycles. The Hall–Kier alpha value is -1.38. The van der Waals surface area contributed by atoms with Gasteiger partial charge in [0.15, 0.2) is 5.82 Å². The maximum Gasteiger partial charge on any atom is 0.180 e. The van der Waals surface area contributed by atoms with E-state index in [9.17, 15) is 0 Å². The van der Waals surface area contributed by atoms with Gasteiger partial charge in [-0.25, -0.2) is 4.99 Å². The summed E-state index contributed by atoms with van der Waals surface area (Å²) in [5.41, 5.74) is 0.979. The minimum atomic E-state index is 0.361. The average molecular weight is 237 g/mol. The van der Waals surface area contributed by atoms with Gasteiger partial charge in [0.05, 0.1) is 0 Å². The molecule has 1 aromatic heterocycles. The number of nitrogens with zero attached hydrogens (tertiary/aromatic N) is 3. The third kappa shape index (κ3) is 6.05. The van der Waals surface area contributed by atoms with Gasteiger partial charge in [-0.2, -0.15) is 5.10 Å². The largest absolute Gasteiger partial charge is 0.267 e. The van der Waals surface area contributed by atoms with Crippen LogP contribution in [0.25, 0.3) is 6.08 Å². The van der Waals surface area contributed by atoms with E-state index in [-0.39, 0.29) is 0 Å². The second-order valence-electron chi connectivity index (χ2n) is 3.07. The van der Waals surface area contributed by atoms with Crippen molar-refractivity contribution in [1.29, 1.82) is 0 Å². The molecule has 98 valence electrons. The monoisotopic (exact) mass is 237 g/mol. The van der Waals surface area contributed by atoms with E-state index in [2.05, 4.69) is 30.5 Å². The van der Waals surface area contributed by atoms with Crippen molar-refractivity contribution in [1.82, 2.24) is 9.78 Å². The van der Waals surface area contributed by atoms with Gasteiger partial charge >= 0.3 is 0 Å². The smallest absolute Gasteiger partial charge is 0.180 e. The summed E-state index contributed by atoms with van der Waals surface area (Å²) in [6.45, 7) is 17.8. The summed E-state index contributed by atoms with van der Waals surface area (Å²) >= 11 is 0. The van der Waals surface area contributed by atoms with Crippen LogP contribution >= 0.6 is 0 Å². The van der Waals surface area contributed by atoms with Crippen molar-refractivity contribution < 1.29 is 0 Å². The Balaban J connectivity index is 0. The average Bonchev–Trinajstić information content (AvgIpc) is 2.78. The molecule has 0 radical (unpaired) electrons. The first-order valence-electron chi connectivity index (χ1n) is 6.39. The first-order chi connectivity index (χ1) is 8.19. The highest BCUT2D eigenvalue weighted by atomic mass is 15.3. The Bertz CT molecular complexity index is 322. The number of aliphatic imine (C=N–C) groups is 1. The van der Waals surface area contributed by atoms with Gasteiger partial charge in [0.2, 0.25) is 0 Å². The topological polar surface area (TPSA) is 30.2 Å². The van der Waals surface area contributed by atoms with Crippen molar-refractivity contribution in [2.75, 3.05) is 0 Å². The van der Waals surface area contributed by atoms with E-state index in [1.807, 2.05) is 45.5 Å². The van der Waals surface area contributed by atoms with E-state index in [4.69, 9.17) is 0 Å². The van der Waals surface area contributed by atoms with Crippen LogP contribution in [0.3, 0.4) is 0 Å². The lowest BCUT2D eigenvalue weighted by Crippen LogP contribution is -1.99. The number of rotatable bonds is 3. The third-order valence-electron chi connectivity index (χ3n) is 1.74. The zero-order valence-electron chi connectivity index (χ0n) is 12.4. The molecule has 1 aromatic rings. The normalized spacial score (nSPS) is 9.41. The Morgan fingerprint density at radius 2 is 1.82 bits per heavy atom. The Morgan fingerprint density at radius 1 is 1.29 bits per heavy atom. The van der Waals surface area contributed by atoms with Crippen molar-refractivity contribution in [3.05, 3.63) is 18.3 Å². The van der Waals surface area contributed by atoms with Gasteiger partial charge in [-0.1, -0.05) is 40.3 Å². The van der Waals surface area contributed by atoms with Gasteiger partial charge in [-0.3, -0.25) is 4.68 Å². The SMILES string of the molecule is C=Cc1cn(C(C)C)nc1N=CC.CC.CC. The molecule has 0 saturated heterocycles. The van der Waals surface area contributed by atoms with Crippen molar-refractivity contribution in [2.45, 2.75) is 54.5 Å². The predicted molar refractivity (Wildman–Crippen MR) is 79.2 cm³/mol. The van der Waals surface area contributed by atoms with E-state index >= 15 is 0 Å². The molecule has 0 unspecified atom stereocenters. The maximum absolute atomic E-state index is 4.32. The molecule has 1 rings (SSSR count). The molecule has 0 saturated carbocycles. The molecule has 0 amide bonds. The second-order valence-corrected chi connectivity index (χ2v) is 3.07. The van der Waals surface area contributed by atoms with Gasteiger partial charge in [0.1, 0.15) is 0 Å². The van der Waals surface area contributed by atoms with Crippen LogP contribution in [0.2, 0.25) is 0 Å². The fraction of sp³-hybridized carbons (Fsp3) is 0.571. The van der Waals surface area contributed by atoms with Gasteiger partial charge in [0, 0.05) is 24.0 Å². The molecule has 0 N–H and O–H groups in total. The van der Waals surface area contributed by atoms with Crippen molar-refractivity contribution >= 4 is 18.1 Å². The summed E-state index contributed by atoms with van der Waals surface area (Å²) < 4.78 is 1.89. The van der Waals surface area contributed by atoms with Crippen molar-refractivity contribution in [3.63, 3.8) is 0 Å². The summed E-state index contributed by atoms with van der Waals surface area (Å²) in [5, 5.41) is 4.32. The summed E-state index contributed by atoms with van der Waals surface area (Å²) in [4.78, 5) is 4.15. The highest BCUT2D eigenvalue weighted by molar-refractivity contribution is 5.65. The molecular formula is C14H27N3. The fourth-order valence-corrected chi connectivity index (χ4v) is 1.03. The number of hydrogen-bond acceptors (Lipinski definition) is 2. The molecule has 3 nitrogen and oxygen atoms in total. The summed E-state index contributed by atoms with van der Waals surface area (Å²) in [6.07, 6.45) is 5.47. The highest BCUT2D eigenvalue weighted by Gasteiger charge is 2.05. The van der Waals surface area contributed by atoms with Crippen LogP contribution in [0.1, 0.15) is 60.1 Å². The van der Waals surface area contributed by atoms with E-state index in [0.29, 0.717) is 6.04 Å². The molecule has 0 bridgehead atoms. The van der Waals surface area contributed by atoms with Gasteiger partial charge < -0.3 is 0 Å². The van der Waals surface area contributed by atoms with Crippen LogP contribution in [0.5, 0.6) is 0 Å². The van der Waals surface area contributed by atoms with Gasteiger partial charge in [-0.15, -0.1) is 0 Å². The van der Waals surface area contributed by atoms with Crippen molar-refractivity contribution in [3.8, 4) is 0 Å². The van der Waals surface area contributed by atoms with Crippen LogP contribution in [0.15, 0.2) is 17.8 Å². The molecule has 17 heavy (non-hydrogen) atoms. The summed E-state index contributed by atoms with van der Waals surface area (Å²) in [7, 11) is 0. The number of hydrogen-bond donors (Lipinski definition) is 0. The Labute approximate surface area is 106 Å². The van der Waals surface area contributed by atoms with E-state index in [1.54, 1.807) is 12.3 Å². The lowest BCUT2D eigenvalue weighted by Gasteiger charge is -2.02. The van der Waals surface area contributed by atoms with Gasteiger partial charge in [0.25, 0.3) is 0 Å². The molecule has 0 aliphatic carbocycles.